The van der Waals surface area contributed by atoms with Crippen molar-refractivity contribution < 1.29 is 19.5 Å². The number of rotatable bonds is 6. The SMILES string of the molecule is O=C(CN1C(=O)c2ccccc2C1=O)NCCC(O)c1cccs1. The summed E-state index contributed by atoms with van der Waals surface area (Å²) in [5.74, 6) is -1.34. The lowest BCUT2D eigenvalue weighted by Gasteiger charge is -2.14. The maximum Gasteiger partial charge on any atom is 0.262 e. The molecule has 0 saturated heterocycles. The fraction of sp³-hybridized carbons (Fsp3) is 0.235. The summed E-state index contributed by atoms with van der Waals surface area (Å²) in [6, 6.07) is 10.2. The molecular weight excluding hydrogens is 328 g/mol. The van der Waals surface area contributed by atoms with Crippen LogP contribution in [0.25, 0.3) is 0 Å². The van der Waals surface area contributed by atoms with E-state index < -0.39 is 23.8 Å². The number of carbonyl (C=O) groups excluding carboxylic acids is 3. The van der Waals surface area contributed by atoms with Crippen LogP contribution >= 0.6 is 11.3 Å². The lowest BCUT2D eigenvalue weighted by atomic mass is 10.1. The van der Waals surface area contributed by atoms with Crippen LogP contribution in [0.5, 0.6) is 0 Å². The zero-order valence-electron chi connectivity index (χ0n) is 12.8. The van der Waals surface area contributed by atoms with Gasteiger partial charge in [0.05, 0.1) is 17.2 Å². The van der Waals surface area contributed by atoms with Gasteiger partial charge in [-0.25, -0.2) is 0 Å². The molecule has 0 saturated carbocycles. The number of aliphatic hydroxyl groups excluding tert-OH is 1. The van der Waals surface area contributed by atoms with Gasteiger partial charge < -0.3 is 10.4 Å². The normalized spacial score (nSPS) is 14.6. The highest BCUT2D eigenvalue weighted by Gasteiger charge is 2.36. The molecule has 1 unspecified atom stereocenters. The summed E-state index contributed by atoms with van der Waals surface area (Å²) in [5, 5.41) is 14.5. The zero-order valence-corrected chi connectivity index (χ0v) is 13.6. The number of imide groups is 1. The van der Waals surface area contributed by atoms with Gasteiger partial charge in [0.15, 0.2) is 0 Å². The lowest BCUT2D eigenvalue weighted by Crippen LogP contribution is -2.40. The molecule has 0 radical (unpaired) electrons. The van der Waals surface area contributed by atoms with E-state index in [1.165, 1.54) is 11.3 Å². The molecule has 2 heterocycles. The van der Waals surface area contributed by atoms with E-state index in [1.54, 1.807) is 24.3 Å². The first-order chi connectivity index (χ1) is 11.6. The first-order valence-electron chi connectivity index (χ1n) is 7.51. The highest BCUT2D eigenvalue weighted by atomic mass is 32.1. The lowest BCUT2D eigenvalue weighted by molar-refractivity contribution is -0.121. The van der Waals surface area contributed by atoms with Crippen LogP contribution in [0.15, 0.2) is 41.8 Å². The Morgan fingerprint density at radius 1 is 1.12 bits per heavy atom. The van der Waals surface area contributed by atoms with Gasteiger partial charge in [-0.15, -0.1) is 11.3 Å². The summed E-state index contributed by atoms with van der Waals surface area (Å²) in [6.07, 6.45) is -0.265. The third-order valence-corrected chi connectivity index (χ3v) is 4.76. The molecule has 6 nitrogen and oxygen atoms in total. The van der Waals surface area contributed by atoms with Gasteiger partial charge in [-0.3, -0.25) is 19.3 Å². The van der Waals surface area contributed by atoms with Crippen LogP contribution in [0.1, 0.15) is 38.1 Å². The van der Waals surface area contributed by atoms with Crippen LogP contribution in [0.2, 0.25) is 0 Å². The summed E-state index contributed by atoms with van der Waals surface area (Å²) in [4.78, 5) is 38.1. The second-order valence-corrected chi connectivity index (χ2v) is 6.39. The molecule has 7 heteroatoms. The smallest absolute Gasteiger partial charge is 0.262 e. The van der Waals surface area contributed by atoms with Crippen LogP contribution in [0.3, 0.4) is 0 Å². The van der Waals surface area contributed by atoms with Crippen LogP contribution < -0.4 is 5.32 Å². The Bertz CT molecular complexity index is 738. The van der Waals surface area contributed by atoms with Gasteiger partial charge in [-0.2, -0.15) is 0 Å². The molecule has 1 aromatic heterocycles. The van der Waals surface area contributed by atoms with Gasteiger partial charge in [0.1, 0.15) is 6.54 Å². The fourth-order valence-corrected chi connectivity index (χ4v) is 3.30. The molecule has 2 aromatic rings. The van der Waals surface area contributed by atoms with Gasteiger partial charge in [0.25, 0.3) is 11.8 Å². The van der Waals surface area contributed by atoms with Crippen LogP contribution in [0, 0.1) is 0 Å². The molecule has 0 bridgehead atoms. The van der Waals surface area contributed by atoms with Crippen molar-refractivity contribution >= 4 is 29.1 Å². The number of amides is 3. The number of thiophene rings is 1. The summed E-state index contributed by atoms with van der Waals surface area (Å²) < 4.78 is 0. The molecule has 1 aromatic carbocycles. The average Bonchev–Trinajstić information content (AvgIpc) is 3.19. The van der Waals surface area contributed by atoms with E-state index in [2.05, 4.69) is 5.32 Å². The summed E-state index contributed by atoms with van der Waals surface area (Å²) in [7, 11) is 0. The zero-order chi connectivity index (χ0) is 17.1. The van der Waals surface area contributed by atoms with Crippen LogP contribution in [0.4, 0.5) is 0 Å². The predicted molar refractivity (Wildman–Crippen MR) is 88.7 cm³/mol. The topological polar surface area (TPSA) is 86.7 Å². The Hall–Kier alpha value is -2.51. The third-order valence-electron chi connectivity index (χ3n) is 3.79. The number of aliphatic hydroxyl groups is 1. The van der Waals surface area contributed by atoms with Crippen molar-refractivity contribution in [1.82, 2.24) is 10.2 Å². The Kier molecular flexibility index (Phi) is 4.73. The van der Waals surface area contributed by atoms with Crippen molar-refractivity contribution in [1.29, 1.82) is 0 Å². The van der Waals surface area contributed by atoms with E-state index in [4.69, 9.17) is 0 Å². The maximum absolute atomic E-state index is 12.2. The molecule has 2 N–H and O–H groups in total. The molecule has 1 atom stereocenters. The van der Waals surface area contributed by atoms with E-state index in [1.807, 2.05) is 17.5 Å². The molecule has 1 aliphatic rings. The summed E-state index contributed by atoms with van der Waals surface area (Å²) in [5.41, 5.74) is 0.645. The first kappa shape index (κ1) is 16.4. The number of carbonyl (C=O) groups is 3. The second-order valence-electron chi connectivity index (χ2n) is 5.41. The van der Waals surface area contributed by atoms with Gasteiger partial charge in [-0.1, -0.05) is 18.2 Å². The van der Waals surface area contributed by atoms with E-state index in [0.29, 0.717) is 17.5 Å². The molecule has 0 spiro atoms. The molecule has 3 amide bonds. The van der Waals surface area contributed by atoms with Gasteiger partial charge in [0, 0.05) is 11.4 Å². The van der Waals surface area contributed by atoms with E-state index >= 15 is 0 Å². The van der Waals surface area contributed by atoms with Crippen molar-refractivity contribution in [3.05, 3.63) is 57.8 Å². The standard InChI is InChI=1S/C17H16N2O4S/c20-13(14-6-3-9-24-14)7-8-18-15(21)10-19-16(22)11-4-1-2-5-12(11)17(19)23/h1-6,9,13,20H,7-8,10H2,(H,18,21). The molecular formula is C17H16N2O4S. The number of hydrogen-bond donors (Lipinski definition) is 2. The van der Waals surface area contributed by atoms with Crippen LogP contribution in [-0.4, -0.2) is 40.8 Å². The number of nitrogens with zero attached hydrogens (tertiary/aromatic N) is 1. The summed E-state index contributed by atoms with van der Waals surface area (Å²) in [6.45, 7) is -0.0531. The molecule has 24 heavy (non-hydrogen) atoms. The number of hydrogen-bond acceptors (Lipinski definition) is 5. The maximum atomic E-state index is 12.2. The predicted octanol–water partition coefficient (Wildman–Crippen LogP) is 1.58. The number of benzene rings is 1. The number of nitrogens with one attached hydrogen (secondary N) is 1. The van der Waals surface area contributed by atoms with Crippen molar-refractivity contribution in [2.24, 2.45) is 0 Å². The Morgan fingerprint density at radius 3 is 2.38 bits per heavy atom. The van der Waals surface area contributed by atoms with Crippen molar-refractivity contribution in [2.45, 2.75) is 12.5 Å². The largest absolute Gasteiger partial charge is 0.388 e. The first-order valence-corrected chi connectivity index (χ1v) is 8.39. The Balaban J connectivity index is 1.51. The minimum absolute atomic E-state index is 0.265. The average molecular weight is 344 g/mol. The molecule has 0 fully saturated rings. The molecule has 3 rings (SSSR count). The molecule has 0 aliphatic carbocycles. The Morgan fingerprint density at radius 2 is 1.79 bits per heavy atom. The quantitative estimate of drug-likeness (QED) is 0.779. The minimum atomic E-state index is -0.635. The highest BCUT2D eigenvalue weighted by Crippen LogP contribution is 2.22. The fourth-order valence-electron chi connectivity index (χ4n) is 2.55. The van der Waals surface area contributed by atoms with Gasteiger partial charge in [0.2, 0.25) is 5.91 Å². The monoisotopic (exact) mass is 344 g/mol. The second kappa shape index (κ2) is 6.94. The van der Waals surface area contributed by atoms with E-state index in [-0.39, 0.29) is 13.1 Å². The third kappa shape index (κ3) is 3.22. The van der Waals surface area contributed by atoms with Gasteiger partial charge in [-0.05, 0) is 30.0 Å². The molecule has 124 valence electrons. The van der Waals surface area contributed by atoms with E-state index in [0.717, 1.165) is 9.78 Å². The van der Waals surface area contributed by atoms with Crippen molar-refractivity contribution in [3.8, 4) is 0 Å². The number of fused-ring (bicyclic) bond motifs is 1. The Labute approximate surface area is 142 Å². The minimum Gasteiger partial charge on any atom is -0.388 e. The van der Waals surface area contributed by atoms with Crippen molar-refractivity contribution in [3.63, 3.8) is 0 Å². The molecule has 1 aliphatic heterocycles. The van der Waals surface area contributed by atoms with Gasteiger partial charge >= 0.3 is 0 Å². The summed E-state index contributed by atoms with van der Waals surface area (Å²) >= 11 is 1.45. The van der Waals surface area contributed by atoms with E-state index in [9.17, 15) is 19.5 Å². The van der Waals surface area contributed by atoms with Crippen LogP contribution in [-0.2, 0) is 4.79 Å². The highest BCUT2D eigenvalue weighted by molar-refractivity contribution is 7.10. The van der Waals surface area contributed by atoms with Crippen molar-refractivity contribution in [2.75, 3.05) is 13.1 Å².